The molecular formula is C22H29O6P. The molecule has 6 nitrogen and oxygen atoms in total. The molecular weight excluding hydrogens is 391 g/mol. The predicted molar refractivity (Wildman–Crippen MR) is 116 cm³/mol. The van der Waals surface area contributed by atoms with E-state index in [1.54, 1.807) is 19.2 Å². The lowest BCUT2D eigenvalue weighted by Gasteiger charge is -2.16. The van der Waals surface area contributed by atoms with E-state index in [9.17, 15) is 4.79 Å². The highest BCUT2D eigenvalue weighted by Crippen LogP contribution is 2.39. The molecule has 0 saturated heterocycles. The van der Waals surface area contributed by atoms with Crippen molar-refractivity contribution < 1.29 is 28.5 Å². The van der Waals surface area contributed by atoms with Crippen molar-refractivity contribution in [2.45, 2.75) is 26.7 Å². The summed E-state index contributed by atoms with van der Waals surface area (Å²) in [6.45, 7) is 5.29. The van der Waals surface area contributed by atoms with E-state index in [1.165, 1.54) is 14.2 Å². The zero-order chi connectivity index (χ0) is 21.2. The Labute approximate surface area is 174 Å². The van der Waals surface area contributed by atoms with Gasteiger partial charge in [0.1, 0.15) is 34.3 Å². The Hall–Kier alpha value is -2.46. The molecule has 158 valence electrons. The Bertz CT molecular complexity index is 796. The highest BCUT2D eigenvalue weighted by molar-refractivity contribution is 7.66. The molecule has 0 aromatic heterocycles. The molecule has 0 aliphatic carbocycles. The molecule has 0 spiro atoms. The molecule has 29 heavy (non-hydrogen) atoms. The van der Waals surface area contributed by atoms with Gasteiger partial charge in [0.05, 0.1) is 34.5 Å². The number of hydrogen-bond acceptors (Lipinski definition) is 6. The predicted octanol–water partition coefficient (Wildman–Crippen LogP) is 4.43. The lowest BCUT2D eigenvalue weighted by atomic mass is 10.2. The smallest absolute Gasteiger partial charge is 0.193 e. The maximum atomic E-state index is 13.2. The first-order valence-corrected chi connectivity index (χ1v) is 10.6. The van der Waals surface area contributed by atoms with Gasteiger partial charge in [-0.3, -0.25) is 4.79 Å². The molecule has 0 heterocycles. The number of carbonyl (C=O) groups excluding carboxylic acids is 1. The van der Waals surface area contributed by atoms with Gasteiger partial charge in [0.2, 0.25) is 0 Å². The second-order valence-electron chi connectivity index (χ2n) is 6.22. The van der Waals surface area contributed by atoms with Crippen molar-refractivity contribution >= 4 is 19.4 Å². The third kappa shape index (κ3) is 6.01. The van der Waals surface area contributed by atoms with Crippen LogP contribution in [0.25, 0.3) is 0 Å². The number of ether oxygens (including phenoxy) is 5. The largest absolute Gasteiger partial charge is 0.496 e. The van der Waals surface area contributed by atoms with E-state index in [1.807, 2.05) is 25.1 Å². The van der Waals surface area contributed by atoms with Crippen LogP contribution in [0.2, 0.25) is 0 Å². The van der Waals surface area contributed by atoms with Gasteiger partial charge in [-0.2, -0.15) is 0 Å². The van der Waals surface area contributed by atoms with Crippen molar-refractivity contribution in [1.82, 2.24) is 0 Å². The minimum absolute atomic E-state index is 0.107. The molecule has 0 aliphatic heterocycles. The quantitative estimate of drug-likeness (QED) is 0.473. The summed E-state index contributed by atoms with van der Waals surface area (Å²) in [7, 11) is 4.43. The molecule has 1 atom stereocenters. The van der Waals surface area contributed by atoms with Gasteiger partial charge >= 0.3 is 0 Å². The lowest BCUT2D eigenvalue weighted by Crippen LogP contribution is -2.10. The topological polar surface area (TPSA) is 63.2 Å². The molecule has 2 rings (SSSR count). The number of carbonyl (C=O) groups is 1. The van der Waals surface area contributed by atoms with E-state index in [2.05, 4.69) is 6.92 Å². The minimum Gasteiger partial charge on any atom is -0.496 e. The van der Waals surface area contributed by atoms with Gasteiger partial charge in [0.15, 0.2) is 5.52 Å². The third-order valence-corrected chi connectivity index (χ3v) is 5.24. The zero-order valence-corrected chi connectivity index (χ0v) is 18.7. The van der Waals surface area contributed by atoms with Gasteiger partial charge in [-0.15, -0.1) is 0 Å². The number of methoxy groups -OCH3 is 3. The molecule has 0 radical (unpaired) electrons. The summed E-state index contributed by atoms with van der Waals surface area (Å²) < 4.78 is 27.7. The first-order valence-electron chi connectivity index (χ1n) is 9.58. The van der Waals surface area contributed by atoms with Gasteiger partial charge in [-0.1, -0.05) is 13.8 Å². The maximum absolute atomic E-state index is 13.2. The van der Waals surface area contributed by atoms with Crippen molar-refractivity contribution in [3.05, 3.63) is 35.9 Å². The van der Waals surface area contributed by atoms with Crippen LogP contribution < -0.4 is 29.0 Å². The molecule has 0 amide bonds. The Morgan fingerprint density at radius 2 is 1.38 bits per heavy atom. The maximum Gasteiger partial charge on any atom is 0.193 e. The first-order chi connectivity index (χ1) is 14.1. The highest BCUT2D eigenvalue weighted by atomic mass is 31.1. The van der Waals surface area contributed by atoms with Crippen molar-refractivity contribution in [1.29, 1.82) is 0 Å². The Morgan fingerprint density at radius 3 is 1.93 bits per heavy atom. The van der Waals surface area contributed by atoms with Crippen molar-refractivity contribution in [3.63, 3.8) is 0 Å². The average Bonchev–Trinajstić information content (AvgIpc) is 2.75. The highest BCUT2D eigenvalue weighted by Gasteiger charge is 2.22. The SMILES string of the molecule is CCCOc1ccc(PC(=O)c2c(OC)cc(OC)cc2OC)c(OCCC)c1. The van der Waals surface area contributed by atoms with Crippen molar-refractivity contribution in [2.24, 2.45) is 0 Å². The third-order valence-electron chi connectivity index (χ3n) is 4.08. The van der Waals surface area contributed by atoms with E-state index < -0.39 is 0 Å². The van der Waals surface area contributed by atoms with Gasteiger partial charge in [0, 0.05) is 23.5 Å². The van der Waals surface area contributed by atoms with Crippen LogP contribution in [-0.2, 0) is 0 Å². The van der Waals surface area contributed by atoms with E-state index >= 15 is 0 Å². The zero-order valence-electron chi connectivity index (χ0n) is 17.7. The summed E-state index contributed by atoms with van der Waals surface area (Å²) in [5.41, 5.74) is 0.284. The van der Waals surface area contributed by atoms with Crippen LogP contribution in [0, 0.1) is 0 Å². The fraction of sp³-hybridized carbons (Fsp3) is 0.409. The molecule has 1 unspecified atom stereocenters. The minimum atomic E-state index is -0.160. The number of hydrogen-bond donors (Lipinski definition) is 0. The van der Waals surface area contributed by atoms with E-state index in [0.29, 0.717) is 41.8 Å². The summed E-state index contributed by atoms with van der Waals surface area (Å²) in [5.74, 6) is 2.79. The number of rotatable bonds is 12. The Morgan fingerprint density at radius 1 is 0.793 bits per heavy atom. The second-order valence-corrected chi connectivity index (χ2v) is 7.46. The van der Waals surface area contributed by atoms with Crippen molar-refractivity contribution in [2.75, 3.05) is 34.5 Å². The molecule has 2 aromatic rings. The fourth-order valence-electron chi connectivity index (χ4n) is 2.66. The van der Waals surface area contributed by atoms with E-state index in [4.69, 9.17) is 23.7 Å². The van der Waals surface area contributed by atoms with E-state index in [0.717, 1.165) is 23.9 Å². The van der Waals surface area contributed by atoms with Crippen LogP contribution in [-0.4, -0.2) is 40.1 Å². The summed E-state index contributed by atoms with van der Waals surface area (Å²) in [4.78, 5) is 13.2. The molecule has 2 aromatic carbocycles. The fourth-order valence-corrected chi connectivity index (χ4v) is 3.71. The molecule has 0 fully saturated rings. The van der Waals surface area contributed by atoms with Crippen LogP contribution in [0.5, 0.6) is 28.7 Å². The molecule has 0 N–H and O–H groups in total. The summed E-state index contributed by atoms with van der Waals surface area (Å²) in [6.07, 6.45) is 1.79. The lowest BCUT2D eigenvalue weighted by molar-refractivity contribution is 0.108. The monoisotopic (exact) mass is 420 g/mol. The molecule has 0 aliphatic rings. The van der Waals surface area contributed by atoms with Crippen LogP contribution in [0.3, 0.4) is 0 Å². The van der Waals surface area contributed by atoms with Crippen molar-refractivity contribution in [3.8, 4) is 28.7 Å². The molecule has 7 heteroatoms. The normalized spacial score (nSPS) is 10.8. The van der Waals surface area contributed by atoms with Crippen LogP contribution in [0.1, 0.15) is 37.0 Å². The average molecular weight is 420 g/mol. The molecule has 0 saturated carbocycles. The van der Waals surface area contributed by atoms with Gasteiger partial charge in [0.25, 0.3) is 0 Å². The van der Waals surface area contributed by atoms with Crippen LogP contribution in [0.15, 0.2) is 30.3 Å². The summed E-state index contributed by atoms with van der Waals surface area (Å²) in [6, 6.07) is 8.96. The Kier molecular flexibility index (Phi) is 9.07. The van der Waals surface area contributed by atoms with Gasteiger partial charge in [-0.25, -0.2) is 0 Å². The number of benzene rings is 2. The van der Waals surface area contributed by atoms with Gasteiger partial charge in [-0.05, 0) is 33.6 Å². The van der Waals surface area contributed by atoms with Crippen LogP contribution in [0.4, 0.5) is 0 Å². The summed E-state index contributed by atoms with van der Waals surface area (Å²) >= 11 is 0. The van der Waals surface area contributed by atoms with Gasteiger partial charge < -0.3 is 23.7 Å². The second kappa shape index (κ2) is 11.5. The standard InChI is InChI=1S/C22H29O6P/c1-6-10-27-15-8-9-20(17(12-15)28-11-7-2)29-22(23)21-18(25-4)13-16(24-3)14-19(21)26-5/h8-9,12-14,29H,6-7,10-11H2,1-5H3. The van der Waals surface area contributed by atoms with E-state index in [-0.39, 0.29) is 14.1 Å². The summed E-state index contributed by atoms with van der Waals surface area (Å²) in [5, 5.41) is 0.812. The molecule has 0 bridgehead atoms. The Balaban J connectivity index is 2.36. The van der Waals surface area contributed by atoms with Crippen LogP contribution >= 0.6 is 8.58 Å². The first kappa shape index (κ1) is 22.8.